The Morgan fingerprint density at radius 2 is 2.04 bits per heavy atom. The highest BCUT2D eigenvalue weighted by Gasteiger charge is 2.39. The monoisotopic (exact) mass is 336 g/mol. The van der Waals surface area contributed by atoms with E-state index in [9.17, 15) is 8.78 Å². The van der Waals surface area contributed by atoms with Crippen molar-refractivity contribution in [2.24, 2.45) is 0 Å². The van der Waals surface area contributed by atoms with E-state index in [2.05, 4.69) is 20.8 Å². The minimum absolute atomic E-state index is 0.0937. The van der Waals surface area contributed by atoms with E-state index >= 15 is 0 Å². The minimum Gasteiger partial charge on any atom is -0.383 e. The third-order valence-electron chi connectivity index (χ3n) is 5.00. The average Bonchev–Trinajstić information content (AvgIpc) is 2.97. The molecule has 0 fully saturated rings. The first-order valence-electron chi connectivity index (χ1n) is 8.12. The molecule has 2 N–H and O–H groups in total. The zero-order valence-electron chi connectivity index (χ0n) is 13.1. The van der Waals surface area contributed by atoms with E-state index in [-0.39, 0.29) is 12.0 Å². The molecule has 0 amide bonds. The van der Waals surface area contributed by atoms with E-state index in [4.69, 9.17) is 0 Å². The molecule has 2 aromatic rings. The second-order valence-electron chi connectivity index (χ2n) is 6.35. The highest BCUT2D eigenvalue weighted by Crippen LogP contribution is 2.41. The molecule has 0 saturated carbocycles. The van der Waals surface area contributed by atoms with E-state index in [1.165, 1.54) is 12.1 Å². The second kappa shape index (κ2) is 5.24. The minimum atomic E-state index is -0.565. The second-order valence-corrected chi connectivity index (χ2v) is 6.35. The summed E-state index contributed by atoms with van der Waals surface area (Å²) in [6.07, 6.45) is 7.64. The van der Waals surface area contributed by atoms with Crippen molar-refractivity contribution in [3.8, 4) is 0 Å². The fraction of sp³-hybridized carbons (Fsp3) is 0.158. The molecule has 2 aliphatic heterocycles. The number of benzene rings is 1. The van der Waals surface area contributed by atoms with Gasteiger partial charge in [0.1, 0.15) is 17.3 Å². The first-order valence-corrected chi connectivity index (χ1v) is 8.12. The third-order valence-corrected chi connectivity index (χ3v) is 5.00. The van der Waals surface area contributed by atoms with Crippen molar-refractivity contribution >= 4 is 11.8 Å². The lowest BCUT2D eigenvalue weighted by atomic mass is 9.82. The van der Waals surface area contributed by atoms with E-state index in [1.807, 2.05) is 24.4 Å². The maximum Gasteiger partial charge on any atom is 0.129 e. The number of rotatable bonds is 1. The van der Waals surface area contributed by atoms with Crippen molar-refractivity contribution in [1.29, 1.82) is 0 Å². The number of fused-ring (bicyclic) bond motifs is 2. The predicted molar refractivity (Wildman–Crippen MR) is 90.1 cm³/mol. The van der Waals surface area contributed by atoms with Crippen LogP contribution in [0.4, 0.5) is 8.78 Å². The molecule has 0 bridgehead atoms. The van der Waals surface area contributed by atoms with Gasteiger partial charge < -0.3 is 10.6 Å². The Bertz CT molecular complexity index is 977. The molecule has 4 nitrogen and oxygen atoms in total. The van der Waals surface area contributed by atoms with Crippen LogP contribution < -0.4 is 10.6 Å². The van der Waals surface area contributed by atoms with Gasteiger partial charge in [-0.05, 0) is 23.3 Å². The number of hydrogen-bond acceptors (Lipinski definition) is 4. The molecule has 25 heavy (non-hydrogen) atoms. The molecule has 0 saturated heterocycles. The molecule has 3 aliphatic rings. The lowest BCUT2D eigenvalue weighted by Crippen LogP contribution is -2.42. The Balaban J connectivity index is 1.64. The van der Waals surface area contributed by atoms with Crippen LogP contribution in [0.2, 0.25) is 0 Å². The Kier molecular flexibility index (Phi) is 3.00. The van der Waals surface area contributed by atoms with Crippen LogP contribution in [0.25, 0.3) is 11.8 Å². The fourth-order valence-corrected chi connectivity index (χ4v) is 3.85. The molecule has 1 aromatic heterocycles. The molecular weight excluding hydrogens is 322 g/mol. The van der Waals surface area contributed by atoms with Gasteiger partial charge in [-0.15, -0.1) is 5.10 Å². The Labute approximate surface area is 143 Å². The summed E-state index contributed by atoms with van der Waals surface area (Å²) < 4.78 is 27.6. The molecule has 6 heteroatoms. The van der Waals surface area contributed by atoms with Crippen LogP contribution >= 0.6 is 0 Å². The van der Waals surface area contributed by atoms with Crippen LogP contribution in [0, 0.1) is 11.6 Å². The largest absolute Gasteiger partial charge is 0.383 e. The van der Waals surface area contributed by atoms with Crippen molar-refractivity contribution < 1.29 is 8.78 Å². The number of nitrogens with one attached hydrogen (secondary N) is 2. The molecule has 3 heterocycles. The van der Waals surface area contributed by atoms with Crippen molar-refractivity contribution in [1.82, 2.24) is 20.8 Å². The molecule has 1 aliphatic carbocycles. The van der Waals surface area contributed by atoms with Crippen LogP contribution in [0.5, 0.6) is 0 Å². The maximum atomic E-state index is 14.3. The normalized spacial score (nSPS) is 23.2. The van der Waals surface area contributed by atoms with Gasteiger partial charge >= 0.3 is 0 Å². The van der Waals surface area contributed by atoms with Gasteiger partial charge in [-0.25, -0.2) is 8.78 Å². The lowest BCUT2D eigenvalue weighted by molar-refractivity contribution is 0.484. The first kappa shape index (κ1) is 14.3. The average molecular weight is 336 g/mol. The van der Waals surface area contributed by atoms with Crippen LogP contribution in [-0.4, -0.2) is 22.8 Å². The summed E-state index contributed by atoms with van der Waals surface area (Å²) in [5.74, 6) is -1.24. The van der Waals surface area contributed by atoms with Crippen LogP contribution in [0.1, 0.15) is 22.7 Å². The van der Waals surface area contributed by atoms with Crippen molar-refractivity contribution in [3.63, 3.8) is 0 Å². The summed E-state index contributed by atoms with van der Waals surface area (Å²) in [5, 5.41) is 15.1. The van der Waals surface area contributed by atoms with E-state index in [0.29, 0.717) is 12.1 Å². The zero-order valence-corrected chi connectivity index (χ0v) is 13.1. The van der Waals surface area contributed by atoms with Gasteiger partial charge in [-0.1, -0.05) is 18.2 Å². The molecule has 0 spiro atoms. The molecule has 2 atom stereocenters. The number of hydrogen-bond donors (Lipinski definition) is 2. The molecule has 2 unspecified atom stereocenters. The van der Waals surface area contributed by atoms with Gasteiger partial charge in [0.05, 0.1) is 17.9 Å². The fourth-order valence-electron chi connectivity index (χ4n) is 3.85. The van der Waals surface area contributed by atoms with E-state index < -0.39 is 11.6 Å². The first-order chi connectivity index (χ1) is 12.2. The smallest absolute Gasteiger partial charge is 0.129 e. The van der Waals surface area contributed by atoms with Crippen LogP contribution in [0.3, 0.4) is 0 Å². The number of nitrogens with zero attached hydrogens (tertiary/aromatic N) is 2. The van der Waals surface area contributed by atoms with Crippen molar-refractivity contribution in [3.05, 3.63) is 82.3 Å². The van der Waals surface area contributed by atoms with E-state index in [0.717, 1.165) is 34.2 Å². The van der Waals surface area contributed by atoms with Crippen LogP contribution in [0.15, 0.2) is 53.9 Å². The highest BCUT2D eigenvalue weighted by atomic mass is 19.1. The zero-order chi connectivity index (χ0) is 17.0. The van der Waals surface area contributed by atoms with Crippen LogP contribution in [-0.2, 0) is 0 Å². The molecular formula is C19H14F2N4. The summed E-state index contributed by atoms with van der Waals surface area (Å²) >= 11 is 0. The number of halogens is 2. The summed E-state index contributed by atoms with van der Waals surface area (Å²) in [6, 6.07) is 5.60. The Hall–Kier alpha value is -3.02. The molecule has 124 valence electrons. The van der Waals surface area contributed by atoms with Gasteiger partial charge in [0.15, 0.2) is 0 Å². The van der Waals surface area contributed by atoms with Crippen molar-refractivity contribution in [2.75, 3.05) is 6.54 Å². The van der Waals surface area contributed by atoms with Crippen molar-refractivity contribution in [2.45, 2.75) is 12.0 Å². The third kappa shape index (κ3) is 2.10. The number of aromatic nitrogens is 2. The molecule has 5 rings (SSSR count). The maximum absolute atomic E-state index is 14.3. The van der Waals surface area contributed by atoms with Gasteiger partial charge in [0.25, 0.3) is 0 Å². The summed E-state index contributed by atoms with van der Waals surface area (Å²) in [4.78, 5) is 0. The standard InChI is InChI=1S/C19H14F2N4/c20-12-3-4-13(15(21)7-12)14-9-23-19-16-11(8-22-18(14)16)2-1-10-5-6-24-25-17(10)19/h1-8,14,18,22-23H,9H2. The summed E-state index contributed by atoms with van der Waals surface area (Å²) in [7, 11) is 0. The SMILES string of the molecule is Fc1ccc(C2CNC3=C4C(=CNC42)C=Cc2ccnnc23)c(F)c1. The van der Waals surface area contributed by atoms with Gasteiger partial charge in [0.2, 0.25) is 0 Å². The lowest BCUT2D eigenvalue weighted by Gasteiger charge is -2.34. The Morgan fingerprint density at radius 3 is 2.92 bits per heavy atom. The number of allylic oxidation sites excluding steroid dienone is 1. The predicted octanol–water partition coefficient (Wildman–Crippen LogP) is 2.74. The van der Waals surface area contributed by atoms with Gasteiger partial charge in [0, 0.05) is 35.9 Å². The van der Waals surface area contributed by atoms with E-state index in [1.54, 1.807) is 6.20 Å². The summed E-state index contributed by atoms with van der Waals surface area (Å²) in [6.45, 7) is 0.524. The molecule has 1 aromatic carbocycles. The van der Waals surface area contributed by atoms with Gasteiger partial charge in [-0.3, -0.25) is 0 Å². The van der Waals surface area contributed by atoms with Gasteiger partial charge in [-0.2, -0.15) is 5.10 Å². The topological polar surface area (TPSA) is 49.8 Å². The summed E-state index contributed by atoms with van der Waals surface area (Å²) in [5.41, 5.74) is 5.30. The molecule has 0 radical (unpaired) electrons. The highest BCUT2D eigenvalue weighted by molar-refractivity contribution is 5.83. The quantitative estimate of drug-likeness (QED) is 0.841. The Morgan fingerprint density at radius 1 is 1.12 bits per heavy atom.